The van der Waals surface area contributed by atoms with Crippen molar-refractivity contribution >= 4 is 17.1 Å². The number of unbranched alkanes of at least 4 members (excludes halogenated alkanes) is 1. The molecule has 0 spiro atoms. The maximum atomic E-state index is 9.89. The minimum atomic E-state index is -0.130. The lowest BCUT2D eigenvalue weighted by Gasteiger charge is -2.26. The highest BCUT2D eigenvalue weighted by atomic mass is 16.3. The molecule has 30 heavy (non-hydrogen) atoms. The molecule has 0 bridgehead atoms. The van der Waals surface area contributed by atoms with Crippen LogP contribution in [0.15, 0.2) is 72.8 Å². The lowest BCUT2D eigenvalue weighted by atomic mass is 10.0. The SMILES string of the molecule is CCCC(O)CCCCc1ccc(N(c2ccc(C)cc2)c2ccc(C)cc2)cc1. The molecule has 0 saturated heterocycles. The van der Waals surface area contributed by atoms with Crippen molar-refractivity contribution in [2.75, 3.05) is 4.90 Å². The van der Waals surface area contributed by atoms with Crippen LogP contribution in [0.4, 0.5) is 17.1 Å². The Bertz CT molecular complexity index is 836. The molecule has 0 radical (unpaired) electrons. The van der Waals surface area contributed by atoms with Gasteiger partial charge in [-0.1, -0.05) is 67.3 Å². The fourth-order valence-electron chi connectivity index (χ4n) is 3.83. The third-order valence-corrected chi connectivity index (χ3v) is 5.65. The summed E-state index contributed by atoms with van der Waals surface area (Å²) in [7, 11) is 0. The summed E-state index contributed by atoms with van der Waals surface area (Å²) < 4.78 is 0. The number of aliphatic hydroxyl groups excluding tert-OH is 1. The van der Waals surface area contributed by atoms with Gasteiger partial charge in [-0.3, -0.25) is 0 Å². The van der Waals surface area contributed by atoms with E-state index in [1.54, 1.807) is 0 Å². The minimum Gasteiger partial charge on any atom is -0.393 e. The van der Waals surface area contributed by atoms with Gasteiger partial charge in [0.05, 0.1) is 6.10 Å². The first-order valence-electron chi connectivity index (χ1n) is 11.3. The highest BCUT2D eigenvalue weighted by molar-refractivity contribution is 5.76. The van der Waals surface area contributed by atoms with Crippen molar-refractivity contribution < 1.29 is 5.11 Å². The van der Waals surface area contributed by atoms with Crippen LogP contribution in [-0.2, 0) is 6.42 Å². The normalized spacial score (nSPS) is 12.0. The van der Waals surface area contributed by atoms with Crippen molar-refractivity contribution in [3.05, 3.63) is 89.5 Å². The summed E-state index contributed by atoms with van der Waals surface area (Å²) in [5.74, 6) is 0. The third-order valence-electron chi connectivity index (χ3n) is 5.65. The molecule has 0 fully saturated rings. The molecule has 1 atom stereocenters. The number of rotatable bonds is 10. The van der Waals surface area contributed by atoms with Crippen LogP contribution in [0.2, 0.25) is 0 Å². The monoisotopic (exact) mass is 401 g/mol. The van der Waals surface area contributed by atoms with Crippen LogP contribution in [-0.4, -0.2) is 11.2 Å². The van der Waals surface area contributed by atoms with E-state index in [2.05, 4.69) is 98.5 Å². The van der Waals surface area contributed by atoms with Gasteiger partial charge in [0.25, 0.3) is 0 Å². The number of hydrogen-bond acceptors (Lipinski definition) is 2. The first-order valence-corrected chi connectivity index (χ1v) is 11.3. The van der Waals surface area contributed by atoms with Gasteiger partial charge in [-0.15, -0.1) is 0 Å². The Morgan fingerprint density at radius 3 is 1.60 bits per heavy atom. The zero-order chi connectivity index (χ0) is 21.3. The van der Waals surface area contributed by atoms with Crippen molar-refractivity contribution in [3.8, 4) is 0 Å². The summed E-state index contributed by atoms with van der Waals surface area (Å²) in [5, 5.41) is 9.89. The number of aliphatic hydroxyl groups is 1. The van der Waals surface area contributed by atoms with Gasteiger partial charge in [0, 0.05) is 17.1 Å². The number of aryl methyl sites for hydroxylation is 3. The second kappa shape index (κ2) is 11.0. The Hall–Kier alpha value is -2.58. The maximum absolute atomic E-state index is 9.89. The smallest absolute Gasteiger partial charge is 0.0540 e. The Labute approximate surface area is 182 Å². The largest absolute Gasteiger partial charge is 0.393 e. The maximum Gasteiger partial charge on any atom is 0.0540 e. The van der Waals surface area contributed by atoms with E-state index in [4.69, 9.17) is 0 Å². The molecule has 0 saturated carbocycles. The van der Waals surface area contributed by atoms with E-state index < -0.39 is 0 Å². The van der Waals surface area contributed by atoms with Crippen molar-refractivity contribution in [2.45, 2.75) is 65.4 Å². The van der Waals surface area contributed by atoms with Gasteiger partial charge in [-0.05, 0) is 81.5 Å². The van der Waals surface area contributed by atoms with Crippen molar-refractivity contribution in [1.29, 1.82) is 0 Å². The average molecular weight is 402 g/mol. The fourth-order valence-corrected chi connectivity index (χ4v) is 3.83. The van der Waals surface area contributed by atoms with E-state index in [1.807, 2.05) is 0 Å². The van der Waals surface area contributed by atoms with Crippen LogP contribution in [0.1, 0.15) is 55.7 Å². The van der Waals surface area contributed by atoms with Crippen LogP contribution in [0.3, 0.4) is 0 Å². The topological polar surface area (TPSA) is 23.5 Å². The second-order valence-electron chi connectivity index (χ2n) is 8.36. The standard InChI is InChI=1S/C28H35NO/c1-4-7-28(30)9-6-5-8-24-14-20-27(21-15-24)29(25-16-10-22(2)11-17-25)26-18-12-23(3)13-19-26/h10-21,28,30H,4-9H2,1-3H3. The molecule has 0 aliphatic carbocycles. The van der Waals surface area contributed by atoms with Gasteiger partial charge in [0.15, 0.2) is 0 Å². The van der Waals surface area contributed by atoms with Gasteiger partial charge in [0.1, 0.15) is 0 Å². The molecule has 3 rings (SSSR count). The van der Waals surface area contributed by atoms with E-state index in [9.17, 15) is 5.11 Å². The molecule has 1 unspecified atom stereocenters. The van der Waals surface area contributed by atoms with Gasteiger partial charge in [-0.25, -0.2) is 0 Å². The summed E-state index contributed by atoms with van der Waals surface area (Å²) in [6, 6.07) is 26.3. The Balaban J connectivity index is 1.72. The van der Waals surface area contributed by atoms with Crippen LogP contribution < -0.4 is 4.90 Å². The minimum absolute atomic E-state index is 0.130. The molecule has 0 aliphatic rings. The van der Waals surface area contributed by atoms with Crippen molar-refractivity contribution in [2.24, 2.45) is 0 Å². The number of benzene rings is 3. The molecule has 2 heteroatoms. The molecule has 3 aromatic rings. The molecule has 1 N–H and O–H groups in total. The lowest BCUT2D eigenvalue weighted by Crippen LogP contribution is -2.10. The van der Waals surface area contributed by atoms with Crippen LogP contribution in [0, 0.1) is 13.8 Å². The summed E-state index contributed by atoms with van der Waals surface area (Å²) >= 11 is 0. The van der Waals surface area contributed by atoms with Gasteiger partial charge < -0.3 is 10.0 Å². The predicted octanol–water partition coefficient (Wildman–Crippen LogP) is 7.65. The summed E-state index contributed by atoms with van der Waals surface area (Å²) in [6.45, 7) is 6.37. The molecule has 158 valence electrons. The van der Waals surface area contributed by atoms with Crippen LogP contribution in [0.5, 0.6) is 0 Å². The summed E-state index contributed by atoms with van der Waals surface area (Å²) in [4.78, 5) is 2.31. The molecule has 0 amide bonds. The number of hydrogen-bond donors (Lipinski definition) is 1. The molecule has 3 aromatic carbocycles. The molecule has 0 aromatic heterocycles. The van der Waals surface area contributed by atoms with Crippen molar-refractivity contribution in [3.63, 3.8) is 0 Å². The summed E-state index contributed by atoms with van der Waals surface area (Å²) in [5.41, 5.74) is 7.40. The van der Waals surface area contributed by atoms with E-state index >= 15 is 0 Å². The Kier molecular flexibility index (Phi) is 8.10. The number of nitrogens with zero attached hydrogens (tertiary/aromatic N) is 1. The molecular weight excluding hydrogens is 366 g/mol. The molecule has 0 heterocycles. The predicted molar refractivity (Wildman–Crippen MR) is 129 cm³/mol. The van der Waals surface area contributed by atoms with Crippen molar-refractivity contribution in [1.82, 2.24) is 0 Å². The zero-order valence-electron chi connectivity index (χ0n) is 18.6. The average Bonchev–Trinajstić information content (AvgIpc) is 2.75. The summed E-state index contributed by atoms with van der Waals surface area (Å²) in [6.07, 6.45) is 6.04. The molecule has 2 nitrogen and oxygen atoms in total. The lowest BCUT2D eigenvalue weighted by molar-refractivity contribution is 0.150. The fraction of sp³-hybridized carbons (Fsp3) is 0.357. The Morgan fingerprint density at radius 2 is 1.13 bits per heavy atom. The first-order chi connectivity index (χ1) is 14.6. The quantitative estimate of drug-likeness (QED) is 0.353. The van der Waals surface area contributed by atoms with E-state index in [-0.39, 0.29) is 6.10 Å². The highest BCUT2D eigenvalue weighted by Gasteiger charge is 2.12. The van der Waals surface area contributed by atoms with Gasteiger partial charge >= 0.3 is 0 Å². The van der Waals surface area contributed by atoms with E-state index in [1.165, 1.54) is 33.8 Å². The van der Waals surface area contributed by atoms with E-state index in [0.717, 1.165) is 38.5 Å². The van der Waals surface area contributed by atoms with E-state index in [0.29, 0.717) is 0 Å². The molecular formula is C28H35NO. The second-order valence-corrected chi connectivity index (χ2v) is 8.36. The van der Waals surface area contributed by atoms with Crippen LogP contribution in [0.25, 0.3) is 0 Å². The van der Waals surface area contributed by atoms with Gasteiger partial charge in [0.2, 0.25) is 0 Å². The molecule has 0 aliphatic heterocycles. The highest BCUT2D eigenvalue weighted by Crippen LogP contribution is 2.34. The Morgan fingerprint density at radius 1 is 0.667 bits per heavy atom. The first kappa shape index (κ1) is 22.1. The third kappa shape index (κ3) is 6.21. The van der Waals surface area contributed by atoms with Gasteiger partial charge in [-0.2, -0.15) is 0 Å². The number of anilines is 3. The zero-order valence-corrected chi connectivity index (χ0v) is 18.6. The van der Waals surface area contributed by atoms with Crippen LogP contribution >= 0.6 is 0 Å².